The molecule has 0 atom stereocenters. The SMILES string of the molecule is CCN(CC)CCn1c(C)ncc(Br)c1=O. The van der Waals surface area contributed by atoms with Crippen molar-refractivity contribution >= 4 is 15.9 Å². The molecule has 0 aliphatic heterocycles. The van der Waals surface area contributed by atoms with Crippen molar-refractivity contribution in [3.05, 3.63) is 26.8 Å². The molecule has 0 saturated heterocycles. The molecule has 1 aromatic rings. The fourth-order valence-electron chi connectivity index (χ4n) is 1.60. The lowest BCUT2D eigenvalue weighted by molar-refractivity contribution is 0.287. The first kappa shape index (κ1) is 13.4. The highest BCUT2D eigenvalue weighted by Gasteiger charge is 2.06. The van der Waals surface area contributed by atoms with Gasteiger partial charge in [0.25, 0.3) is 5.56 Å². The number of aryl methyl sites for hydroxylation is 1. The number of hydrogen-bond acceptors (Lipinski definition) is 3. The first-order valence-corrected chi connectivity index (χ1v) is 6.33. The van der Waals surface area contributed by atoms with Gasteiger partial charge in [0.15, 0.2) is 0 Å². The molecule has 5 heteroatoms. The largest absolute Gasteiger partial charge is 0.302 e. The Morgan fingerprint density at radius 2 is 2.06 bits per heavy atom. The van der Waals surface area contributed by atoms with Crippen LogP contribution in [-0.4, -0.2) is 34.1 Å². The molecule has 4 nitrogen and oxygen atoms in total. The van der Waals surface area contributed by atoms with Crippen molar-refractivity contribution in [1.29, 1.82) is 0 Å². The van der Waals surface area contributed by atoms with Gasteiger partial charge in [-0.25, -0.2) is 4.98 Å². The van der Waals surface area contributed by atoms with Crippen LogP contribution < -0.4 is 5.56 Å². The summed E-state index contributed by atoms with van der Waals surface area (Å²) in [5.74, 6) is 0.764. The minimum absolute atomic E-state index is 0.000318. The maximum Gasteiger partial charge on any atom is 0.267 e. The summed E-state index contributed by atoms with van der Waals surface area (Å²) in [6, 6.07) is 0. The van der Waals surface area contributed by atoms with Crippen molar-refractivity contribution in [3.8, 4) is 0 Å². The van der Waals surface area contributed by atoms with Crippen molar-refractivity contribution in [2.75, 3.05) is 19.6 Å². The van der Waals surface area contributed by atoms with E-state index in [1.165, 1.54) is 0 Å². The lowest BCUT2D eigenvalue weighted by Gasteiger charge is -2.19. The lowest BCUT2D eigenvalue weighted by atomic mass is 10.4. The zero-order valence-electron chi connectivity index (χ0n) is 10.0. The Labute approximate surface area is 104 Å². The highest BCUT2D eigenvalue weighted by Crippen LogP contribution is 2.01. The van der Waals surface area contributed by atoms with Crippen molar-refractivity contribution in [1.82, 2.24) is 14.5 Å². The van der Waals surface area contributed by atoms with Gasteiger partial charge in [-0.05, 0) is 35.9 Å². The van der Waals surface area contributed by atoms with Crippen molar-refractivity contribution in [2.45, 2.75) is 27.3 Å². The zero-order valence-corrected chi connectivity index (χ0v) is 11.6. The molecule has 0 aromatic carbocycles. The highest BCUT2D eigenvalue weighted by molar-refractivity contribution is 9.10. The summed E-state index contributed by atoms with van der Waals surface area (Å²) < 4.78 is 2.24. The van der Waals surface area contributed by atoms with E-state index in [0.717, 1.165) is 25.5 Å². The summed E-state index contributed by atoms with van der Waals surface area (Å²) in [5.41, 5.74) is -0.000318. The maximum absolute atomic E-state index is 11.8. The molecule has 16 heavy (non-hydrogen) atoms. The standard InChI is InChI=1S/C11H18BrN3O/c1-4-14(5-2)6-7-15-9(3)13-8-10(12)11(15)16/h8H,4-7H2,1-3H3. The van der Waals surface area contributed by atoms with E-state index >= 15 is 0 Å². The molecule has 1 heterocycles. The monoisotopic (exact) mass is 287 g/mol. The number of aromatic nitrogens is 2. The number of hydrogen-bond donors (Lipinski definition) is 0. The highest BCUT2D eigenvalue weighted by atomic mass is 79.9. The van der Waals surface area contributed by atoms with Crippen LogP contribution >= 0.6 is 15.9 Å². The third-order valence-electron chi connectivity index (χ3n) is 2.74. The van der Waals surface area contributed by atoms with Crippen LogP contribution in [0.25, 0.3) is 0 Å². The van der Waals surface area contributed by atoms with Crippen molar-refractivity contribution in [2.24, 2.45) is 0 Å². The summed E-state index contributed by atoms with van der Waals surface area (Å²) in [6.45, 7) is 9.69. The Bertz CT molecular complexity index is 399. The molecular formula is C11H18BrN3O. The summed E-state index contributed by atoms with van der Waals surface area (Å²) in [7, 11) is 0. The van der Waals surface area contributed by atoms with E-state index in [1.807, 2.05) is 6.92 Å². The Hall–Kier alpha value is -0.680. The van der Waals surface area contributed by atoms with E-state index in [2.05, 4.69) is 39.7 Å². The predicted octanol–water partition coefficient (Wildman–Crippen LogP) is 1.66. The average Bonchev–Trinajstić information content (AvgIpc) is 2.29. The summed E-state index contributed by atoms with van der Waals surface area (Å²) in [4.78, 5) is 18.3. The van der Waals surface area contributed by atoms with Gasteiger partial charge in [-0.3, -0.25) is 9.36 Å². The van der Waals surface area contributed by atoms with Gasteiger partial charge in [0.2, 0.25) is 0 Å². The minimum Gasteiger partial charge on any atom is -0.302 e. The molecule has 0 N–H and O–H groups in total. The van der Waals surface area contributed by atoms with Crippen LogP contribution in [-0.2, 0) is 6.54 Å². The smallest absolute Gasteiger partial charge is 0.267 e. The molecule has 0 fully saturated rings. The molecule has 0 radical (unpaired) electrons. The molecule has 0 aliphatic rings. The van der Waals surface area contributed by atoms with Crippen LogP contribution in [0.3, 0.4) is 0 Å². The molecule has 0 spiro atoms. The van der Waals surface area contributed by atoms with Crippen LogP contribution in [0, 0.1) is 6.92 Å². The van der Waals surface area contributed by atoms with Gasteiger partial charge < -0.3 is 4.90 Å². The fraction of sp³-hybridized carbons (Fsp3) is 0.636. The third kappa shape index (κ3) is 3.15. The predicted molar refractivity (Wildman–Crippen MR) is 68.7 cm³/mol. The van der Waals surface area contributed by atoms with E-state index in [-0.39, 0.29) is 5.56 Å². The zero-order chi connectivity index (χ0) is 12.1. The Balaban J connectivity index is 2.81. The molecule has 0 bridgehead atoms. The minimum atomic E-state index is -0.000318. The van der Waals surface area contributed by atoms with Gasteiger partial charge in [-0.15, -0.1) is 0 Å². The van der Waals surface area contributed by atoms with Gasteiger partial charge in [-0.2, -0.15) is 0 Å². The van der Waals surface area contributed by atoms with Crippen LogP contribution in [0.15, 0.2) is 15.5 Å². The molecule has 90 valence electrons. The average molecular weight is 288 g/mol. The van der Waals surface area contributed by atoms with Crippen LogP contribution in [0.1, 0.15) is 19.7 Å². The van der Waals surface area contributed by atoms with E-state index in [1.54, 1.807) is 10.8 Å². The van der Waals surface area contributed by atoms with E-state index < -0.39 is 0 Å². The van der Waals surface area contributed by atoms with E-state index in [4.69, 9.17) is 0 Å². The summed E-state index contributed by atoms with van der Waals surface area (Å²) >= 11 is 3.21. The number of likely N-dealkylation sites (N-methyl/N-ethyl adjacent to an activating group) is 1. The Kier molecular flexibility index (Phi) is 5.15. The van der Waals surface area contributed by atoms with Crippen molar-refractivity contribution < 1.29 is 0 Å². The lowest BCUT2D eigenvalue weighted by Crippen LogP contribution is -2.32. The molecule has 1 aromatic heterocycles. The second-order valence-electron chi connectivity index (χ2n) is 3.64. The van der Waals surface area contributed by atoms with E-state index in [9.17, 15) is 4.79 Å². The Morgan fingerprint density at radius 1 is 1.44 bits per heavy atom. The number of nitrogens with zero attached hydrogens (tertiary/aromatic N) is 3. The van der Waals surface area contributed by atoms with Crippen molar-refractivity contribution in [3.63, 3.8) is 0 Å². The first-order valence-electron chi connectivity index (χ1n) is 5.54. The first-order chi connectivity index (χ1) is 7.60. The van der Waals surface area contributed by atoms with Gasteiger partial charge in [0, 0.05) is 19.3 Å². The van der Waals surface area contributed by atoms with Gasteiger partial charge in [-0.1, -0.05) is 13.8 Å². The van der Waals surface area contributed by atoms with Crippen LogP contribution in [0.5, 0.6) is 0 Å². The Morgan fingerprint density at radius 3 is 2.62 bits per heavy atom. The number of rotatable bonds is 5. The number of halogens is 1. The molecule has 0 unspecified atom stereocenters. The summed E-state index contributed by atoms with van der Waals surface area (Å²) in [5, 5.41) is 0. The molecule has 1 rings (SSSR count). The topological polar surface area (TPSA) is 38.1 Å². The quantitative estimate of drug-likeness (QED) is 0.827. The molecule has 0 aliphatic carbocycles. The third-order valence-corrected chi connectivity index (χ3v) is 3.28. The molecule has 0 amide bonds. The normalized spacial score (nSPS) is 11.1. The molecule has 0 saturated carbocycles. The summed E-state index contributed by atoms with van der Waals surface area (Å²) in [6.07, 6.45) is 1.56. The van der Waals surface area contributed by atoms with E-state index in [0.29, 0.717) is 11.0 Å². The van der Waals surface area contributed by atoms with Gasteiger partial charge in [0.1, 0.15) is 10.3 Å². The van der Waals surface area contributed by atoms with Crippen LogP contribution in [0.4, 0.5) is 0 Å². The second kappa shape index (κ2) is 6.15. The fourth-order valence-corrected chi connectivity index (χ4v) is 1.91. The molecular weight excluding hydrogens is 270 g/mol. The van der Waals surface area contributed by atoms with Crippen LogP contribution in [0.2, 0.25) is 0 Å². The maximum atomic E-state index is 11.8. The van der Waals surface area contributed by atoms with Gasteiger partial charge in [0.05, 0.1) is 0 Å². The second-order valence-corrected chi connectivity index (χ2v) is 4.49. The van der Waals surface area contributed by atoms with Gasteiger partial charge >= 0.3 is 0 Å².